The van der Waals surface area contributed by atoms with E-state index in [0.717, 1.165) is 28.1 Å². The SMILES string of the molecule is COc1ccc(CNC(=O)c2cnc(Nc3c(C)cccc3C)cn2)cc1. The number of aromatic nitrogens is 2. The van der Waals surface area contributed by atoms with Crippen LogP contribution in [0.4, 0.5) is 11.5 Å². The monoisotopic (exact) mass is 362 g/mol. The van der Waals surface area contributed by atoms with Crippen molar-refractivity contribution in [2.45, 2.75) is 20.4 Å². The fourth-order valence-electron chi connectivity index (χ4n) is 2.67. The zero-order valence-electron chi connectivity index (χ0n) is 15.6. The Bertz CT molecular complexity index is 902. The zero-order valence-corrected chi connectivity index (χ0v) is 15.6. The van der Waals surface area contributed by atoms with Crippen molar-refractivity contribution in [2.75, 3.05) is 12.4 Å². The Morgan fingerprint density at radius 3 is 2.30 bits per heavy atom. The molecule has 0 spiro atoms. The number of ether oxygens (including phenoxy) is 1. The Labute approximate surface area is 158 Å². The molecule has 1 amide bonds. The van der Waals surface area contributed by atoms with Gasteiger partial charge >= 0.3 is 0 Å². The summed E-state index contributed by atoms with van der Waals surface area (Å²) >= 11 is 0. The highest BCUT2D eigenvalue weighted by Crippen LogP contribution is 2.22. The first kappa shape index (κ1) is 18.4. The molecule has 0 aliphatic rings. The second kappa shape index (κ2) is 8.31. The molecule has 0 bridgehead atoms. The van der Waals surface area contributed by atoms with Gasteiger partial charge in [0.2, 0.25) is 0 Å². The van der Waals surface area contributed by atoms with Crippen LogP contribution in [0.15, 0.2) is 54.9 Å². The predicted molar refractivity (Wildman–Crippen MR) is 105 cm³/mol. The summed E-state index contributed by atoms with van der Waals surface area (Å²) < 4.78 is 5.12. The van der Waals surface area contributed by atoms with Gasteiger partial charge in [-0.05, 0) is 42.7 Å². The van der Waals surface area contributed by atoms with Gasteiger partial charge in [-0.25, -0.2) is 9.97 Å². The molecule has 0 atom stereocenters. The first-order valence-corrected chi connectivity index (χ1v) is 8.63. The molecule has 0 saturated carbocycles. The van der Waals surface area contributed by atoms with Crippen molar-refractivity contribution in [3.05, 3.63) is 77.2 Å². The van der Waals surface area contributed by atoms with E-state index < -0.39 is 0 Å². The van der Waals surface area contributed by atoms with Gasteiger partial charge in [0, 0.05) is 12.2 Å². The van der Waals surface area contributed by atoms with Crippen molar-refractivity contribution >= 4 is 17.4 Å². The second-order valence-electron chi connectivity index (χ2n) is 6.21. The molecule has 2 aromatic carbocycles. The Morgan fingerprint density at radius 1 is 1.00 bits per heavy atom. The third-order valence-electron chi connectivity index (χ3n) is 4.23. The van der Waals surface area contributed by atoms with Crippen LogP contribution in [0, 0.1) is 13.8 Å². The predicted octanol–water partition coefficient (Wildman–Crippen LogP) is 3.78. The van der Waals surface area contributed by atoms with Crippen LogP contribution in [-0.4, -0.2) is 23.0 Å². The van der Waals surface area contributed by atoms with Crippen molar-refractivity contribution in [2.24, 2.45) is 0 Å². The molecule has 1 aromatic heterocycles. The summed E-state index contributed by atoms with van der Waals surface area (Å²) in [6, 6.07) is 13.6. The smallest absolute Gasteiger partial charge is 0.271 e. The number of rotatable bonds is 6. The number of amides is 1. The molecule has 6 nitrogen and oxygen atoms in total. The minimum atomic E-state index is -0.267. The molecule has 138 valence electrons. The molecule has 0 fully saturated rings. The van der Waals surface area contributed by atoms with Gasteiger partial charge in [0.25, 0.3) is 5.91 Å². The molecule has 27 heavy (non-hydrogen) atoms. The molecular weight excluding hydrogens is 340 g/mol. The zero-order chi connectivity index (χ0) is 19.2. The van der Waals surface area contributed by atoms with E-state index in [4.69, 9.17) is 4.74 Å². The number of nitrogens with one attached hydrogen (secondary N) is 2. The molecule has 3 aromatic rings. The number of anilines is 2. The standard InChI is InChI=1S/C21H22N4O2/c1-14-5-4-6-15(2)20(14)25-19-13-22-18(12-23-19)21(26)24-11-16-7-9-17(27-3)10-8-16/h4-10,12-13H,11H2,1-3H3,(H,23,25)(H,24,26). The minimum absolute atomic E-state index is 0.267. The molecular formula is C21H22N4O2. The average molecular weight is 362 g/mol. The molecule has 3 rings (SSSR count). The maximum Gasteiger partial charge on any atom is 0.271 e. The summed E-state index contributed by atoms with van der Waals surface area (Å²) in [7, 11) is 1.62. The van der Waals surface area contributed by atoms with Crippen molar-refractivity contribution in [1.82, 2.24) is 15.3 Å². The highest BCUT2D eigenvalue weighted by atomic mass is 16.5. The number of carbonyl (C=O) groups excluding carboxylic acids is 1. The second-order valence-corrected chi connectivity index (χ2v) is 6.21. The van der Waals surface area contributed by atoms with Crippen LogP contribution in [0.3, 0.4) is 0 Å². The highest BCUT2D eigenvalue weighted by Gasteiger charge is 2.09. The molecule has 0 aliphatic heterocycles. The van der Waals surface area contributed by atoms with Crippen LogP contribution < -0.4 is 15.4 Å². The van der Waals surface area contributed by atoms with Crippen LogP contribution in [-0.2, 0) is 6.54 Å². The largest absolute Gasteiger partial charge is 0.497 e. The summed E-state index contributed by atoms with van der Waals surface area (Å²) in [4.78, 5) is 20.8. The molecule has 2 N–H and O–H groups in total. The summed E-state index contributed by atoms with van der Waals surface area (Å²) in [6.45, 7) is 4.47. The Hall–Kier alpha value is -3.41. The third kappa shape index (κ3) is 4.61. The maximum absolute atomic E-state index is 12.3. The number of nitrogens with zero attached hydrogens (tertiary/aromatic N) is 2. The number of para-hydroxylation sites is 1. The van der Waals surface area contributed by atoms with E-state index in [-0.39, 0.29) is 11.6 Å². The summed E-state index contributed by atoms with van der Waals surface area (Å²) in [5.41, 5.74) is 4.50. The van der Waals surface area contributed by atoms with Gasteiger partial charge in [-0.3, -0.25) is 4.79 Å². The van der Waals surface area contributed by atoms with Crippen molar-refractivity contribution in [1.29, 1.82) is 0 Å². The lowest BCUT2D eigenvalue weighted by atomic mass is 10.1. The van der Waals surface area contributed by atoms with Gasteiger partial charge in [0.1, 0.15) is 17.3 Å². The van der Waals surface area contributed by atoms with Crippen LogP contribution in [0.1, 0.15) is 27.2 Å². The molecule has 0 unspecified atom stereocenters. The first-order valence-electron chi connectivity index (χ1n) is 8.63. The Balaban J connectivity index is 1.61. The van der Waals surface area contributed by atoms with E-state index in [1.807, 2.05) is 56.3 Å². The van der Waals surface area contributed by atoms with Crippen molar-refractivity contribution in [3.8, 4) is 5.75 Å². The first-order chi connectivity index (χ1) is 13.1. The fraction of sp³-hybridized carbons (Fsp3) is 0.190. The van der Waals surface area contributed by atoms with Crippen LogP contribution in [0.25, 0.3) is 0 Å². The van der Waals surface area contributed by atoms with E-state index in [1.54, 1.807) is 13.3 Å². The summed E-state index contributed by atoms with van der Waals surface area (Å²) in [5.74, 6) is 1.11. The van der Waals surface area contributed by atoms with E-state index in [9.17, 15) is 4.79 Å². The van der Waals surface area contributed by atoms with E-state index in [2.05, 4.69) is 20.6 Å². The van der Waals surface area contributed by atoms with E-state index in [0.29, 0.717) is 12.4 Å². The Kier molecular flexibility index (Phi) is 5.66. The van der Waals surface area contributed by atoms with Crippen molar-refractivity contribution < 1.29 is 9.53 Å². The number of methoxy groups -OCH3 is 1. The fourth-order valence-corrected chi connectivity index (χ4v) is 2.67. The maximum atomic E-state index is 12.3. The molecule has 0 saturated heterocycles. The highest BCUT2D eigenvalue weighted by molar-refractivity contribution is 5.92. The van der Waals surface area contributed by atoms with Gasteiger partial charge < -0.3 is 15.4 Å². The lowest BCUT2D eigenvalue weighted by Crippen LogP contribution is -2.24. The van der Waals surface area contributed by atoms with E-state index in [1.165, 1.54) is 6.20 Å². The molecule has 1 heterocycles. The molecule has 0 radical (unpaired) electrons. The normalized spacial score (nSPS) is 10.3. The quantitative estimate of drug-likeness (QED) is 0.698. The number of hydrogen-bond acceptors (Lipinski definition) is 5. The number of aryl methyl sites for hydroxylation is 2. The Morgan fingerprint density at radius 2 is 1.70 bits per heavy atom. The van der Waals surface area contributed by atoms with Crippen LogP contribution >= 0.6 is 0 Å². The van der Waals surface area contributed by atoms with Gasteiger partial charge in [0.15, 0.2) is 0 Å². The number of benzene rings is 2. The van der Waals surface area contributed by atoms with Crippen LogP contribution in [0.2, 0.25) is 0 Å². The van der Waals surface area contributed by atoms with Crippen molar-refractivity contribution in [3.63, 3.8) is 0 Å². The molecule has 0 aliphatic carbocycles. The van der Waals surface area contributed by atoms with Gasteiger partial charge in [-0.15, -0.1) is 0 Å². The lowest BCUT2D eigenvalue weighted by molar-refractivity contribution is 0.0945. The third-order valence-corrected chi connectivity index (χ3v) is 4.23. The van der Waals surface area contributed by atoms with Crippen LogP contribution in [0.5, 0.6) is 5.75 Å². The van der Waals surface area contributed by atoms with Gasteiger partial charge in [0.05, 0.1) is 19.5 Å². The number of hydrogen-bond donors (Lipinski definition) is 2. The number of carbonyl (C=O) groups is 1. The van der Waals surface area contributed by atoms with Gasteiger partial charge in [-0.1, -0.05) is 30.3 Å². The summed E-state index contributed by atoms with van der Waals surface area (Å²) in [5, 5.41) is 6.10. The lowest BCUT2D eigenvalue weighted by Gasteiger charge is -2.12. The summed E-state index contributed by atoms with van der Waals surface area (Å²) in [6.07, 6.45) is 3.04. The topological polar surface area (TPSA) is 76.1 Å². The van der Waals surface area contributed by atoms with E-state index >= 15 is 0 Å². The average Bonchev–Trinajstić information content (AvgIpc) is 2.70. The molecule has 6 heteroatoms. The van der Waals surface area contributed by atoms with Gasteiger partial charge in [-0.2, -0.15) is 0 Å². The minimum Gasteiger partial charge on any atom is -0.497 e.